The van der Waals surface area contributed by atoms with Crippen molar-refractivity contribution in [3.8, 4) is 0 Å². The van der Waals surface area contributed by atoms with Gasteiger partial charge in [0.25, 0.3) is 0 Å². The first-order valence-corrected chi connectivity index (χ1v) is 7.77. The molecule has 0 radical (unpaired) electrons. The Morgan fingerprint density at radius 3 is 2.23 bits per heavy atom. The molecule has 1 aromatic carbocycles. The maximum absolute atomic E-state index is 11.5. The van der Waals surface area contributed by atoms with Gasteiger partial charge in [0.05, 0.1) is 11.1 Å². The van der Waals surface area contributed by atoms with E-state index in [1.165, 1.54) is 25.3 Å². The van der Waals surface area contributed by atoms with Gasteiger partial charge >= 0.3 is 11.9 Å². The average Bonchev–Trinajstić information content (AvgIpc) is 2.49. The molecule has 0 aliphatic carbocycles. The molecular weight excluding hydrogens is 280 g/mol. The number of carbonyl (C=O) groups is 2. The zero-order valence-corrected chi connectivity index (χ0v) is 13.1. The topological polar surface area (TPSA) is 74.6 Å². The second-order valence-electron chi connectivity index (χ2n) is 5.39. The van der Waals surface area contributed by atoms with Crippen molar-refractivity contribution in [3.63, 3.8) is 0 Å². The van der Waals surface area contributed by atoms with Crippen LogP contribution in [0.15, 0.2) is 18.7 Å². The van der Waals surface area contributed by atoms with Crippen LogP contribution in [-0.4, -0.2) is 22.2 Å². The lowest BCUT2D eigenvalue weighted by molar-refractivity contribution is 0.0650. The smallest absolute Gasteiger partial charge is 0.336 e. The quantitative estimate of drug-likeness (QED) is 0.618. The van der Waals surface area contributed by atoms with E-state index in [9.17, 15) is 19.8 Å². The van der Waals surface area contributed by atoms with Crippen LogP contribution in [-0.2, 0) is 6.42 Å². The fourth-order valence-corrected chi connectivity index (χ4v) is 2.63. The van der Waals surface area contributed by atoms with E-state index >= 15 is 0 Å². The second-order valence-corrected chi connectivity index (χ2v) is 5.39. The monoisotopic (exact) mass is 304 g/mol. The van der Waals surface area contributed by atoms with Crippen molar-refractivity contribution >= 4 is 18.0 Å². The summed E-state index contributed by atoms with van der Waals surface area (Å²) < 4.78 is 0. The summed E-state index contributed by atoms with van der Waals surface area (Å²) in [6.07, 6.45) is 8.74. The molecule has 0 spiro atoms. The molecule has 0 atom stereocenters. The first-order chi connectivity index (χ1) is 10.5. The van der Waals surface area contributed by atoms with E-state index in [4.69, 9.17) is 0 Å². The van der Waals surface area contributed by atoms with Crippen LogP contribution in [0.5, 0.6) is 0 Å². The van der Waals surface area contributed by atoms with Crippen LogP contribution in [0.1, 0.15) is 77.3 Å². The molecule has 2 N–H and O–H groups in total. The summed E-state index contributed by atoms with van der Waals surface area (Å²) in [7, 11) is 0. The molecule has 0 bridgehead atoms. The Hall–Kier alpha value is -2.10. The highest BCUT2D eigenvalue weighted by Crippen LogP contribution is 2.23. The van der Waals surface area contributed by atoms with Gasteiger partial charge < -0.3 is 10.2 Å². The highest BCUT2D eigenvalue weighted by Gasteiger charge is 2.21. The Bertz CT molecular complexity index is 546. The molecular formula is C18H24O4. The third-order valence-electron chi connectivity index (χ3n) is 3.79. The van der Waals surface area contributed by atoms with Gasteiger partial charge in [-0.25, -0.2) is 9.59 Å². The van der Waals surface area contributed by atoms with Crippen LogP contribution in [0, 0.1) is 0 Å². The number of aromatic carboxylic acids is 2. The van der Waals surface area contributed by atoms with Crippen molar-refractivity contribution in [2.45, 2.75) is 51.9 Å². The van der Waals surface area contributed by atoms with Gasteiger partial charge in [-0.05, 0) is 30.0 Å². The van der Waals surface area contributed by atoms with Crippen molar-refractivity contribution in [2.24, 2.45) is 0 Å². The van der Waals surface area contributed by atoms with Crippen LogP contribution in [0.25, 0.3) is 6.08 Å². The van der Waals surface area contributed by atoms with E-state index in [1.807, 2.05) is 0 Å². The number of unbranched alkanes of at least 4 members (excludes halogenated alkanes) is 5. The number of rotatable bonds is 10. The van der Waals surface area contributed by atoms with Gasteiger partial charge in [0, 0.05) is 0 Å². The van der Waals surface area contributed by atoms with Crippen molar-refractivity contribution in [1.29, 1.82) is 0 Å². The number of benzene rings is 1. The zero-order chi connectivity index (χ0) is 16.5. The van der Waals surface area contributed by atoms with Gasteiger partial charge in [-0.3, -0.25) is 0 Å². The third-order valence-corrected chi connectivity index (χ3v) is 3.79. The molecule has 22 heavy (non-hydrogen) atoms. The van der Waals surface area contributed by atoms with Crippen LogP contribution in [0.4, 0.5) is 0 Å². The van der Waals surface area contributed by atoms with Crippen molar-refractivity contribution in [3.05, 3.63) is 41.0 Å². The lowest BCUT2D eigenvalue weighted by Crippen LogP contribution is -2.13. The maximum Gasteiger partial charge on any atom is 0.336 e. The van der Waals surface area contributed by atoms with E-state index in [-0.39, 0.29) is 11.1 Å². The number of carboxylic acids is 2. The molecule has 0 aliphatic rings. The Balaban J connectivity index is 2.94. The van der Waals surface area contributed by atoms with Gasteiger partial charge in [0.2, 0.25) is 0 Å². The van der Waals surface area contributed by atoms with Gasteiger partial charge in [0.1, 0.15) is 0 Å². The van der Waals surface area contributed by atoms with E-state index in [0.717, 1.165) is 19.3 Å². The van der Waals surface area contributed by atoms with Crippen LogP contribution in [0.3, 0.4) is 0 Å². The minimum absolute atomic E-state index is 0.0986. The predicted molar refractivity (Wildman–Crippen MR) is 87.5 cm³/mol. The molecule has 0 saturated heterocycles. The molecule has 0 unspecified atom stereocenters. The zero-order valence-electron chi connectivity index (χ0n) is 13.1. The van der Waals surface area contributed by atoms with Gasteiger partial charge in [-0.1, -0.05) is 57.7 Å². The molecule has 0 aromatic heterocycles. The van der Waals surface area contributed by atoms with Crippen molar-refractivity contribution in [1.82, 2.24) is 0 Å². The molecule has 0 aliphatic heterocycles. The van der Waals surface area contributed by atoms with Crippen molar-refractivity contribution in [2.75, 3.05) is 0 Å². The second kappa shape index (κ2) is 9.03. The summed E-state index contributed by atoms with van der Waals surface area (Å²) in [5, 5.41) is 18.6. The summed E-state index contributed by atoms with van der Waals surface area (Å²) in [6.45, 7) is 5.85. The first-order valence-electron chi connectivity index (χ1n) is 7.77. The Labute approximate surface area is 131 Å². The molecule has 1 aromatic rings. The molecule has 0 fully saturated rings. The minimum atomic E-state index is -1.21. The fraction of sp³-hybridized carbons (Fsp3) is 0.444. The molecule has 120 valence electrons. The number of hydrogen-bond donors (Lipinski definition) is 2. The van der Waals surface area contributed by atoms with Gasteiger partial charge in [0.15, 0.2) is 0 Å². The van der Waals surface area contributed by atoms with Gasteiger partial charge in [-0.15, -0.1) is 0 Å². The third kappa shape index (κ3) is 4.72. The number of hydrogen-bond acceptors (Lipinski definition) is 2. The van der Waals surface area contributed by atoms with E-state index in [1.54, 1.807) is 12.1 Å². The van der Waals surface area contributed by atoms with Crippen molar-refractivity contribution < 1.29 is 19.8 Å². The molecule has 0 saturated carbocycles. The Morgan fingerprint density at radius 1 is 1.05 bits per heavy atom. The lowest BCUT2D eigenvalue weighted by atomic mass is 9.91. The van der Waals surface area contributed by atoms with E-state index < -0.39 is 11.9 Å². The van der Waals surface area contributed by atoms with Crippen LogP contribution in [0.2, 0.25) is 0 Å². The van der Waals surface area contributed by atoms with Crippen LogP contribution < -0.4 is 0 Å². The first kappa shape index (κ1) is 18.0. The average molecular weight is 304 g/mol. The number of carboxylic acid groups (broad SMARTS) is 2. The summed E-state index contributed by atoms with van der Waals surface area (Å²) >= 11 is 0. The Kier molecular flexibility index (Phi) is 7.37. The predicted octanol–water partition coefficient (Wildman–Crippen LogP) is 4.63. The van der Waals surface area contributed by atoms with Crippen LogP contribution >= 0.6 is 0 Å². The van der Waals surface area contributed by atoms with Gasteiger partial charge in [-0.2, -0.15) is 0 Å². The molecule has 0 amide bonds. The normalized spacial score (nSPS) is 10.4. The Morgan fingerprint density at radius 2 is 1.68 bits per heavy atom. The lowest BCUT2D eigenvalue weighted by Gasteiger charge is -2.13. The molecule has 0 heterocycles. The molecule has 4 nitrogen and oxygen atoms in total. The summed E-state index contributed by atoms with van der Waals surface area (Å²) in [6, 6.07) is 2.98. The summed E-state index contributed by atoms with van der Waals surface area (Å²) in [5.41, 5.74) is 1.03. The SMILES string of the molecule is C=Cc1ccc(C(=O)O)c(C(=O)O)c1CCCCCCCC. The highest BCUT2D eigenvalue weighted by molar-refractivity contribution is 6.03. The highest BCUT2D eigenvalue weighted by atomic mass is 16.4. The standard InChI is InChI=1S/C18H24O4/c1-3-5-6-7-8-9-10-14-13(4-2)11-12-15(17(19)20)16(14)18(21)22/h4,11-12H,2-3,5-10H2,1H3,(H,19,20)(H,21,22). The van der Waals surface area contributed by atoms with E-state index in [2.05, 4.69) is 13.5 Å². The summed E-state index contributed by atoms with van der Waals surface area (Å²) in [5.74, 6) is -2.40. The largest absolute Gasteiger partial charge is 0.478 e. The maximum atomic E-state index is 11.5. The van der Waals surface area contributed by atoms with E-state index in [0.29, 0.717) is 17.5 Å². The molecule has 1 rings (SSSR count). The summed E-state index contributed by atoms with van der Waals surface area (Å²) in [4.78, 5) is 22.7. The molecule has 4 heteroatoms. The minimum Gasteiger partial charge on any atom is -0.478 e. The fourth-order valence-electron chi connectivity index (χ4n) is 2.63.